The van der Waals surface area contributed by atoms with E-state index in [1.54, 1.807) is 60.7 Å². The first-order chi connectivity index (χ1) is 28.1. The van der Waals surface area contributed by atoms with E-state index in [9.17, 15) is 29.1 Å². The van der Waals surface area contributed by atoms with Gasteiger partial charge in [-0.15, -0.1) is 0 Å². The summed E-state index contributed by atoms with van der Waals surface area (Å²) in [7, 11) is 0. The number of hydrogen-bond donors (Lipinski definition) is 5. The number of carboxylic acids is 1. The van der Waals surface area contributed by atoms with Gasteiger partial charge in [-0.3, -0.25) is 15.0 Å². The molecule has 1 saturated heterocycles. The van der Waals surface area contributed by atoms with Gasteiger partial charge in [0, 0.05) is 19.5 Å². The molecular formula is C43H48N6O9. The van der Waals surface area contributed by atoms with Crippen LogP contribution in [0.5, 0.6) is 5.75 Å². The van der Waals surface area contributed by atoms with Crippen LogP contribution < -0.4 is 21.1 Å². The second-order valence-electron chi connectivity index (χ2n) is 13.7. The van der Waals surface area contributed by atoms with Crippen LogP contribution in [0.4, 0.5) is 9.59 Å². The fourth-order valence-electron chi connectivity index (χ4n) is 6.39. The van der Waals surface area contributed by atoms with Crippen molar-refractivity contribution >= 4 is 35.9 Å². The lowest BCUT2D eigenvalue weighted by Gasteiger charge is -2.29. The van der Waals surface area contributed by atoms with Crippen molar-refractivity contribution in [2.75, 3.05) is 13.1 Å². The summed E-state index contributed by atoms with van der Waals surface area (Å²) in [6.07, 6.45) is -0.933. The Morgan fingerprint density at radius 2 is 1.33 bits per heavy atom. The number of aliphatic carboxylic acids is 1. The van der Waals surface area contributed by atoms with Gasteiger partial charge in [0.05, 0.1) is 0 Å². The number of hydrogen-bond acceptors (Lipinski definition) is 9. The fraction of sp³-hybridized carbons (Fsp3) is 0.302. The molecule has 0 spiro atoms. The maximum Gasteiger partial charge on any atom is 0.416 e. The lowest BCUT2D eigenvalue weighted by Crippen LogP contribution is -2.56. The molecule has 1 aliphatic heterocycles. The van der Waals surface area contributed by atoms with Crippen molar-refractivity contribution in [2.24, 2.45) is 5.73 Å². The molecule has 0 bridgehead atoms. The van der Waals surface area contributed by atoms with E-state index < -0.39 is 54.1 Å². The first-order valence-corrected chi connectivity index (χ1v) is 19.0. The Morgan fingerprint density at radius 3 is 1.90 bits per heavy atom. The molecule has 0 aromatic heterocycles. The maximum atomic E-state index is 14.2. The van der Waals surface area contributed by atoms with Crippen LogP contribution in [0.2, 0.25) is 0 Å². The van der Waals surface area contributed by atoms with E-state index in [4.69, 9.17) is 25.4 Å². The van der Waals surface area contributed by atoms with Crippen molar-refractivity contribution in [3.05, 3.63) is 138 Å². The molecule has 1 heterocycles. The normalized spacial score (nSPS) is 14.3. The van der Waals surface area contributed by atoms with Crippen LogP contribution >= 0.6 is 0 Å². The zero-order valence-corrected chi connectivity index (χ0v) is 32.0. The highest BCUT2D eigenvalue weighted by molar-refractivity contribution is 5.93. The second kappa shape index (κ2) is 21.4. The number of carbonyl (C=O) groups is 5. The van der Waals surface area contributed by atoms with E-state index in [0.29, 0.717) is 24.3 Å². The Kier molecular flexibility index (Phi) is 15.6. The van der Waals surface area contributed by atoms with Crippen molar-refractivity contribution in [1.29, 1.82) is 5.41 Å². The number of likely N-dealkylation sites (tertiary alicyclic amines) is 1. The molecule has 4 aromatic rings. The molecular weight excluding hydrogens is 745 g/mol. The molecule has 0 saturated carbocycles. The minimum atomic E-state index is -1.37. The zero-order chi connectivity index (χ0) is 41.3. The molecule has 58 heavy (non-hydrogen) atoms. The average molecular weight is 793 g/mol. The topological polar surface area (TPSA) is 214 Å². The summed E-state index contributed by atoms with van der Waals surface area (Å²) in [5.74, 6) is -2.48. The van der Waals surface area contributed by atoms with Gasteiger partial charge in [0.25, 0.3) is 0 Å². The van der Waals surface area contributed by atoms with E-state index in [1.807, 2.05) is 54.6 Å². The molecule has 0 unspecified atom stereocenters. The highest BCUT2D eigenvalue weighted by Gasteiger charge is 2.39. The third kappa shape index (κ3) is 12.8. The number of nitrogens with zero attached hydrogens (tertiary/aromatic N) is 2. The van der Waals surface area contributed by atoms with Crippen LogP contribution in [-0.4, -0.2) is 82.1 Å². The molecule has 304 valence electrons. The number of benzene rings is 4. The Hall–Kier alpha value is -6.90. The van der Waals surface area contributed by atoms with Crippen LogP contribution in [-0.2, 0) is 50.1 Å². The lowest BCUT2D eigenvalue weighted by atomic mass is 10.0. The van der Waals surface area contributed by atoms with Crippen molar-refractivity contribution in [3.63, 3.8) is 0 Å². The molecule has 1 aliphatic rings. The van der Waals surface area contributed by atoms with Gasteiger partial charge < -0.3 is 40.6 Å². The highest BCUT2D eigenvalue weighted by atomic mass is 16.6. The van der Waals surface area contributed by atoms with Gasteiger partial charge in [0.2, 0.25) is 11.8 Å². The molecule has 4 amide bonds. The third-order valence-electron chi connectivity index (χ3n) is 9.46. The van der Waals surface area contributed by atoms with Crippen LogP contribution in [0.25, 0.3) is 0 Å². The highest BCUT2D eigenvalue weighted by Crippen LogP contribution is 2.22. The van der Waals surface area contributed by atoms with Gasteiger partial charge in [-0.05, 0) is 60.1 Å². The van der Waals surface area contributed by atoms with Crippen LogP contribution in [0, 0.1) is 5.41 Å². The molecule has 15 nitrogen and oxygen atoms in total. The van der Waals surface area contributed by atoms with E-state index in [2.05, 4.69) is 10.6 Å². The molecule has 4 aromatic carbocycles. The minimum Gasteiger partial charge on any atom is -0.489 e. The monoisotopic (exact) mass is 792 g/mol. The van der Waals surface area contributed by atoms with Crippen molar-refractivity contribution in [1.82, 2.24) is 20.4 Å². The van der Waals surface area contributed by atoms with Crippen molar-refractivity contribution in [3.8, 4) is 5.75 Å². The number of guanidine groups is 1. The van der Waals surface area contributed by atoms with Gasteiger partial charge in [-0.25, -0.2) is 19.3 Å². The van der Waals surface area contributed by atoms with Crippen LogP contribution in [0.15, 0.2) is 115 Å². The number of nitrogens with one attached hydrogen (secondary N) is 3. The lowest BCUT2D eigenvalue weighted by molar-refractivity contribution is -0.144. The smallest absolute Gasteiger partial charge is 0.416 e. The number of ether oxygens (including phenoxy) is 3. The number of carboxylic acid groups (broad SMARTS) is 1. The number of amides is 4. The zero-order valence-electron chi connectivity index (χ0n) is 32.0. The predicted molar refractivity (Wildman–Crippen MR) is 213 cm³/mol. The molecule has 15 heteroatoms. The molecule has 5 rings (SSSR count). The molecule has 1 fully saturated rings. The Morgan fingerprint density at radius 1 is 0.759 bits per heavy atom. The van der Waals surface area contributed by atoms with Crippen LogP contribution in [0.3, 0.4) is 0 Å². The first kappa shape index (κ1) is 42.2. The summed E-state index contributed by atoms with van der Waals surface area (Å²) < 4.78 is 16.6. The maximum absolute atomic E-state index is 14.2. The SMILES string of the molecule is N=C(N)N(CCC[C@H](NC(=O)[C@@H]1CCCN1C(=O)[C@H](Cc1ccc(OCc2ccccc2)cc1)NC(=O)OCc1ccccc1)C(=O)O)C(=O)OCc1ccccc1. The summed E-state index contributed by atoms with van der Waals surface area (Å²) in [4.78, 5) is 68.1. The standard InChI is InChI=1S/C43H48N6O9/c44-41(45)49(43(55)58-29-33-16-8-3-9-17-33)25-10-18-35(40(52)53)46-38(50)37-19-11-24-48(37)39(51)36(47-42(54)57-28-32-14-6-2-7-15-32)26-30-20-22-34(23-21-30)56-27-31-12-4-1-5-13-31/h1-9,12-17,20-23,35-37H,10-11,18-19,24-29H2,(H3,44,45)(H,46,50)(H,47,54)(H,52,53)/t35-,36-,37-/m0/s1. The largest absolute Gasteiger partial charge is 0.489 e. The van der Waals surface area contributed by atoms with E-state index in [-0.39, 0.29) is 52.0 Å². The predicted octanol–water partition coefficient (Wildman–Crippen LogP) is 4.98. The number of carbonyl (C=O) groups excluding carboxylic acids is 4. The molecule has 3 atom stereocenters. The fourth-order valence-corrected chi connectivity index (χ4v) is 6.39. The van der Waals surface area contributed by atoms with E-state index in [1.165, 1.54) is 4.90 Å². The summed E-state index contributed by atoms with van der Waals surface area (Å²) >= 11 is 0. The van der Waals surface area contributed by atoms with E-state index >= 15 is 0 Å². The van der Waals surface area contributed by atoms with Gasteiger partial charge in [-0.2, -0.15) is 0 Å². The van der Waals surface area contributed by atoms with Gasteiger partial charge in [0.1, 0.15) is 43.7 Å². The molecule has 0 aliphatic carbocycles. The van der Waals surface area contributed by atoms with Crippen molar-refractivity contribution < 1.29 is 43.3 Å². The molecule has 6 N–H and O–H groups in total. The quantitative estimate of drug-likeness (QED) is 0.0674. The van der Waals surface area contributed by atoms with Crippen LogP contribution in [0.1, 0.15) is 47.9 Å². The second-order valence-corrected chi connectivity index (χ2v) is 13.7. The summed E-state index contributed by atoms with van der Waals surface area (Å²) in [6.45, 7) is 0.375. The van der Waals surface area contributed by atoms with E-state index in [0.717, 1.165) is 21.6 Å². The Bertz CT molecular complexity index is 1980. The van der Waals surface area contributed by atoms with Gasteiger partial charge >= 0.3 is 18.2 Å². The number of nitrogens with two attached hydrogens (primary N) is 1. The summed E-state index contributed by atoms with van der Waals surface area (Å²) in [5, 5.41) is 23.1. The Labute approximate surface area is 336 Å². The van der Waals surface area contributed by atoms with Gasteiger partial charge in [-0.1, -0.05) is 103 Å². The summed E-state index contributed by atoms with van der Waals surface area (Å²) in [5.41, 5.74) is 8.83. The Balaban J connectivity index is 1.21. The first-order valence-electron chi connectivity index (χ1n) is 19.0. The third-order valence-corrected chi connectivity index (χ3v) is 9.46. The van der Waals surface area contributed by atoms with Crippen molar-refractivity contribution in [2.45, 2.75) is 70.1 Å². The number of alkyl carbamates (subject to hydrolysis) is 1. The number of rotatable bonds is 18. The summed E-state index contributed by atoms with van der Waals surface area (Å²) in [6, 6.07) is 31.3. The minimum absolute atomic E-state index is 0.0224. The molecule has 0 radical (unpaired) electrons. The van der Waals surface area contributed by atoms with Gasteiger partial charge in [0.15, 0.2) is 5.96 Å². The average Bonchev–Trinajstić information content (AvgIpc) is 3.74.